The molecule has 5 nitrogen and oxygen atoms in total. The molecule has 3 heterocycles. The third-order valence-electron chi connectivity index (χ3n) is 5.81. The highest BCUT2D eigenvalue weighted by Gasteiger charge is 2.32. The molecule has 1 aliphatic heterocycles. The fraction of sp³-hybridized carbons (Fsp3) is 0.0385. The van der Waals surface area contributed by atoms with Crippen LogP contribution in [-0.4, -0.2) is 22.3 Å². The van der Waals surface area contributed by atoms with E-state index in [1.165, 1.54) is 11.3 Å². The highest BCUT2D eigenvalue weighted by atomic mass is 32.1. The summed E-state index contributed by atoms with van der Waals surface area (Å²) in [6, 6.07) is 27.2. The van der Waals surface area contributed by atoms with Gasteiger partial charge in [0.15, 0.2) is 4.96 Å². The van der Waals surface area contributed by atoms with Gasteiger partial charge in [-0.05, 0) is 6.07 Å². The second kappa shape index (κ2) is 7.00. The highest BCUT2D eigenvalue weighted by Crippen LogP contribution is 2.35. The number of thiazole rings is 1. The number of nitrogens with zero attached hydrogens (tertiary/aromatic N) is 3. The van der Waals surface area contributed by atoms with Crippen molar-refractivity contribution in [1.29, 1.82) is 0 Å². The van der Waals surface area contributed by atoms with Crippen LogP contribution in [-0.2, 0) is 4.79 Å². The van der Waals surface area contributed by atoms with Gasteiger partial charge >= 0.3 is 0 Å². The van der Waals surface area contributed by atoms with E-state index in [0.29, 0.717) is 15.1 Å². The molecule has 0 bridgehead atoms. The Morgan fingerprint density at radius 1 is 0.781 bits per heavy atom. The lowest BCUT2D eigenvalue weighted by Gasteiger charge is -2.07. The van der Waals surface area contributed by atoms with Crippen molar-refractivity contribution >= 4 is 33.5 Å². The van der Waals surface area contributed by atoms with Crippen molar-refractivity contribution in [1.82, 2.24) is 9.38 Å². The van der Waals surface area contributed by atoms with Gasteiger partial charge in [-0.25, -0.2) is 9.38 Å². The number of carbonyl (C=O) groups is 1. The van der Waals surface area contributed by atoms with E-state index in [4.69, 9.17) is 4.98 Å². The normalized spacial score (nSPS) is 14.9. The molecule has 6 rings (SSSR count). The first kappa shape index (κ1) is 18.7. The summed E-state index contributed by atoms with van der Waals surface area (Å²) in [5.41, 5.74) is 5.17. The van der Waals surface area contributed by atoms with Crippen molar-refractivity contribution in [2.45, 2.75) is 0 Å². The number of carbonyl (C=O) groups excluding carboxylic acids is 1. The number of para-hydroxylation sites is 1. The van der Waals surface area contributed by atoms with Crippen LogP contribution in [0.4, 0.5) is 5.69 Å². The topological polar surface area (TPSA) is 54.7 Å². The highest BCUT2D eigenvalue weighted by molar-refractivity contribution is 7.15. The third-order valence-corrected chi connectivity index (χ3v) is 6.85. The van der Waals surface area contributed by atoms with Crippen molar-refractivity contribution < 1.29 is 4.79 Å². The summed E-state index contributed by atoms with van der Waals surface area (Å²) in [6.07, 6.45) is 0. The van der Waals surface area contributed by atoms with Crippen molar-refractivity contribution in [2.24, 2.45) is 0 Å². The van der Waals surface area contributed by atoms with Gasteiger partial charge in [0.25, 0.3) is 11.5 Å². The standard InChI is InChI=1S/C26H17N3O2S/c1-28-19-15-9-8-14-18(19)20(24(28)30)23-25(31)29-22(17-12-6-3-7-13-17)21(27-26(29)32-23)16-10-4-2-5-11-16/h2-15H,1H3/b23-20-. The van der Waals surface area contributed by atoms with Crippen LogP contribution in [0.1, 0.15) is 5.56 Å². The number of imidazole rings is 1. The van der Waals surface area contributed by atoms with Gasteiger partial charge in [-0.2, -0.15) is 0 Å². The molecule has 0 spiro atoms. The number of anilines is 1. The van der Waals surface area contributed by atoms with E-state index < -0.39 is 0 Å². The summed E-state index contributed by atoms with van der Waals surface area (Å²) in [5.74, 6) is -0.169. The van der Waals surface area contributed by atoms with Gasteiger partial charge < -0.3 is 4.90 Å². The molecule has 0 saturated carbocycles. The minimum Gasteiger partial charge on any atom is -0.311 e. The molecule has 1 aliphatic rings. The van der Waals surface area contributed by atoms with Gasteiger partial charge in [-0.15, -0.1) is 0 Å². The number of aromatic nitrogens is 2. The average Bonchev–Trinajstić information content (AvgIpc) is 3.45. The van der Waals surface area contributed by atoms with Crippen LogP contribution in [0.2, 0.25) is 0 Å². The van der Waals surface area contributed by atoms with E-state index in [0.717, 1.165) is 33.8 Å². The number of hydrogen-bond acceptors (Lipinski definition) is 4. The molecular formula is C26H17N3O2S. The summed E-state index contributed by atoms with van der Waals surface area (Å²) in [6.45, 7) is 0. The number of rotatable bonds is 2. The van der Waals surface area contributed by atoms with Gasteiger partial charge in [0.2, 0.25) is 0 Å². The van der Waals surface area contributed by atoms with E-state index in [-0.39, 0.29) is 11.5 Å². The van der Waals surface area contributed by atoms with Crippen LogP contribution >= 0.6 is 11.3 Å². The van der Waals surface area contributed by atoms with Gasteiger partial charge in [0.05, 0.1) is 22.6 Å². The Hall–Kier alpha value is -4.03. The third kappa shape index (κ3) is 2.60. The molecular weight excluding hydrogens is 418 g/mol. The Labute approximate surface area is 187 Å². The number of fused-ring (bicyclic) bond motifs is 2. The molecule has 0 atom stereocenters. The lowest BCUT2D eigenvalue weighted by Crippen LogP contribution is -2.30. The first-order valence-electron chi connectivity index (χ1n) is 10.2. The molecule has 2 aromatic heterocycles. The lowest BCUT2D eigenvalue weighted by atomic mass is 10.0. The second-order valence-electron chi connectivity index (χ2n) is 7.65. The molecule has 3 aromatic carbocycles. The molecule has 32 heavy (non-hydrogen) atoms. The van der Waals surface area contributed by atoms with E-state index in [9.17, 15) is 9.59 Å². The lowest BCUT2D eigenvalue weighted by molar-refractivity contribution is -0.112. The Morgan fingerprint density at radius 3 is 2.12 bits per heavy atom. The SMILES string of the molecule is CN1C(=O)/C(=c2\sc3nc(-c4ccccc4)c(-c4ccccc4)n3c2=O)c2ccccc21. The zero-order valence-electron chi connectivity index (χ0n) is 17.1. The molecule has 0 fully saturated rings. The molecule has 0 radical (unpaired) electrons. The van der Waals surface area contributed by atoms with E-state index in [1.54, 1.807) is 16.3 Å². The monoisotopic (exact) mass is 435 g/mol. The summed E-state index contributed by atoms with van der Waals surface area (Å²) in [5, 5.41) is 0. The van der Waals surface area contributed by atoms with Crippen LogP contribution in [0, 0.1) is 0 Å². The molecule has 5 aromatic rings. The first-order chi connectivity index (χ1) is 15.6. The maximum Gasteiger partial charge on any atom is 0.275 e. The predicted octanol–water partition coefficient (Wildman–Crippen LogP) is 3.98. The number of benzene rings is 3. The van der Waals surface area contributed by atoms with Crippen LogP contribution in [0.25, 0.3) is 33.0 Å². The minimum absolute atomic E-state index is 0.169. The van der Waals surface area contributed by atoms with Crippen molar-refractivity contribution in [2.75, 3.05) is 11.9 Å². The Kier molecular flexibility index (Phi) is 4.10. The summed E-state index contributed by atoms with van der Waals surface area (Å²) < 4.78 is 2.07. The second-order valence-corrected chi connectivity index (χ2v) is 8.63. The van der Waals surface area contributed by atoms with Gasteiger partial charge in [-0.1, -0.05) is 90.2 Å². The van der Waals surface area contributed by atoms with Crippen molar-refractivity contribution in [3.63, 3.8) is 0 Å². The average molecular weight is 436 g/mol. The number of amides is 1. The molecule has 1 amide bonds. The maximum absolute atomic E-state index is 13.8. The quantitative estimate of drug-likeness (QED) is 0.421. The fourth-order valence-electron chi connectivity index (χ4n) is 4.30. The molecule has 154 valence electrons. The minimum atomic E-state index is -0.216. The largest absolute Gasteiger partial charge is 0.311 e. The fourth-order valence-corrected chi connectivity index (χ4v) is 5.36. The zero-order valence-corrected chi connectivity index (χ0v) is 18.0. The van der Waals surface area contributed by atoms with Crippen LogP contribution < -0.4 is 15.0 Å². The van der Waals surface area contributed by atoms with Crippen molar-refractivity contribution in [3.05, 3.63) is 105 Å². The Bertz CT molecular complexity index is 1620. The smallest absolute Gasteiger partial charge is 0.275 e. The predicted molar refractivity (Wildman–Crippen MR) is 128 cm³/mol. The Morgan fingerprint density at radius 2 is 1.41 bits per heavy atom. The molecule has 0 aliphatic carbocycles. The summed E-state index contributed by atoms with van der Waals surface area (Å²) in [7, 11) is 1.74. The maximum atomic E-state index is 13.8. The van der Waals surface area contributed by atoms with E-state index in [2.05, 4.69) is 0 Å². The summed E-state index contributed by atoms with van der Waals surface area (Å²) in [4.78, 5) is 33.9. The molecule has 0 N–H and O–H groups in total. The van der Waals surface area contributed by atoms with Crippen LogP contribution in [0.3, 0.4) is 0 Å². The number of hydrogen-bond donors (Lipinski definition) is 0. The molecule has 0 saturated heterocycles. The van der Waals surface area contributed by atoms with Gasteiger partial charge in [0, 0.05) is 23.7 Å². The van der Waals surface area contributed by atoms with E-state index in [1.807, 2.05) is 84.9 Å². The van der Waals surface area contributed by atoms with E-state index >= 15 is 0 Å². The van der Waals surface area contributed by atoms with Gasteiger partial charge in [-0.3, -0.25) is 9.59 Å². The molecule has 0 unspecified atom stereocenters. The van der Waals surface area contributed by atoms with Crippen LogP contribution in [0.5, 0.6) is 0 Å². The summed E-state index contributed by atoms with van der Waals surface area (Å²) >= 11 is 1.27. The first-order valence-corrected chi connectivity index (χ1v) is 11.0. The number of likely N-dealkylation sites (N-methyl/N-ethyl adjacent to an activating group) is 1. The molecule has 6 heteroatoms. The van der Waals surface area contributed by atoms with Crippen LogP contribution in [0.15, 0.2) is 89.7 Å². The Balaban J connectivity index is 1.73. The van der Waals surface area contributed by atoms with Gasteiger partial charge in [0.1, 0.15) is 4.53 Å². The zero-order chi connectivity index (χ0) is 21.8. The van der Waals surface area contributed by atoms with Crippen molar-refractivity contribution in [3.8, 4) is 22.5 Å².